The molecule has 0 spiro atoms. The van der Waals surface area contributed by atoms with E-state index in [0.717, 1.165) is 11.8 Å². The van der Waals surface area contributed by atoms with Crippen LogP contribution in [0.15, 0.2) is 16.1 Å². The fourth-order valence-corrected chi connectivity index (χ4v) is 1.43. The van der Waals surface area contributed by atoms with E-state index in [4.69, 9.17) is 9.84 Å². The van der Waals surface area contributed by atoms with Crippen LogP contribution in [0, 0.1) is 0 Å². The number of rotatable bonds is 6. The van der Waals surface area contributed by atoms with Gasteiger partial charge in [0.1, 0.15) is 11.3 Å². The number of aliphatic imine (C=N–C) groups is 1. The quantitative estimate of drug-likeness (QED) is 0.252. The molecule has 0 aromatic heterocycles. The molecule has 8 heteroatoms. The maximum Gasteiger partial charge on any atom is 0.408 e. The highest BCUT2D eigenvalue weighted by molar-refractivity contribution is 8.02. The van der Waals surface area contributed by atoms with Crippen molar-refractivity contribution in [3.05, 3.63) is 11.1 Å². The predicted octanol–water partition coefficient (Wildman–Crippen LogP) is 1.40. The Kier molecular flexibility index (Phi) is 6.84. The van der Waals surface area contributed by atoms with Crippen molar-refractivity contribution < 1.29 is 24.2 Å². The maximum absolute atomic E-state index is 11.3. The van der Waals surface area contributed by atoms with Gasteiger partial charge in [0.15, 0.2) is 0 Å². The topological polar surface area (TPSA) is 105 Å². The Balaban J connectivity index is 4.21. The third-order valence-corrected chi connectivity index (χ3v) is 2.19. The smallest absolute Gasteiger partial charge is 0.408 e. The number of Topliss-reactive ketones (excluding diaryl/α,β-unsaturated/α-hetero) is 1. The van der Waals surface area contributed by atoms with Gasteiger partial charge in [-0.2, -0.15) is 0 Å². The standard InChI is InChI=1S/C11H16N2O5S/c1-11(2,3)18-10(17)13-6-19-5-7(12-4)8(14)9(15)16/h5H,4,6H2,1-3H3,(H,13,17)(H,15,16)/b7-5-. The van der Waals surface area contributed by atoms with Crippen LogP contribution in [0.4, 0.5) is 4.79 Å². The number of alkyl carbamates (subject to hydrolysis) is 1. The van der Waals surface area contributed by atoms with Gasteiger partial charge in [-0.3, -0.25) is 9.79 Å². The summed E-state index contributed by atoms with van der Waals surface area (Å²) in [6.07, 6.45) is -0.605. The van der Waals surface area contributed by atoms with E-state index in [0.29, 0.717) is 0 Å². The maximum atomic E-state index is 11.3. The minimum absolute atomic E-state index is 0.112. The molecule has 0 saturated heterocycles. The molecule has 0 fully saturated rings. The highest BCUT2D eigenvalue weighted by Gasteiger charge is 2.17. The second kappa shape index (κ2) is 7.57. The third-order valence-electron chi connectivity index (χ3n) is 1.49. The van der Waals surface area contributed by atoms with Crippen LogP contribution >= 0.6 is 11.8 Å². The van der Waals surface area contributed by atoms with Gasteiger partial charge in [-0.15, -0.1) is 11.8 Å². The van der Waals surface area contributed by atoms with E-state index < -0.39 is 23.4 Å². The summed E-state index contributed by atoms with van der Waals surface area (Å²) in [5, 5.41) is 12.1. The number of nitrogens with zero attached hydrogens (tertiary/aromatic N) is 1. The second-order valence-corrected chi connectivity index (χ2v) is 5.14. The van der Waals surface area contributed by atoms with E-state index in [-0.39, 0.29) is 11.6 Å². The number of ether oxygens (including phenoxy) is 1. The molecule has 0 aromatic carbocycles. The average molecular weight is 288 g/mol. The SMILES string of the molecule is C=N/C(=C\SCNC(=O)OC(C)(C)C)C(=O)C(=O)O. The summed E-state index contributed by atoms with van der Waals surface area (Å²) in [6, 6.07) is 0. The van der Waals surface area contributed by atoms with E-state index in [1.54, 1.807) is 20.8 Å². The largest absolute Gasteiger partial charge is 0.475 e. The highest BCUT2D eigenvalue weighted by atomic mass is 32.2. The molecule has 1 amide bonds. The van der Waals surface area contributed by atoms with Crippen LogP contribution in [0.3, 0.4) is 0 Å². The number of carboxylic acid groups (broad SMARTS) is 1. The summed E-state index contributed by atoms with van der Waals surface area (Å²) >= 11 is 0.994. The monoisotopic (exact) mass is 288 g/mol. The summed E-state index contributed by atoms with van der Waals surface area (Å²) in [7, 11) is 0. The Bertz CT molecular complexity index is 412. The number of ketones is 1. The number of amides is 1. The molecule has 2 N–H and O–H groups in total. The van der Waals surface area contributed by atoms with Gasteiger partial charge in [0.25, 0.3) is 5.78 Å². The lowest BCUT2D eigenvalue weighted by atomic mass is 10.2. The van der Waals surface area contributed by atoms with Crippen molar-refractivity contribution in [1.82, 2.24) is 5.32 Å². The molecule has 0 heterocycles. The Morgan fingerprint density at radius 1 is 1.42 bits per heavy atom. The van der Waals surface area contributed by atoms with Gasteiger partial charge >= 0.3 is 12.1 Å². The molecule has 0 rings (SSSR count). The zero-order chi connectivity index (χ0) is 15.1. The van der Waals surface area contributed by atoms with Gasteiger partial charge in [0.2, 0.25) is 0 Å². The van der Waals surface area contributed by atoms with Crippen LogP contribution in [-0.4, -0.2) is 41.1 Å². The fraction of sp³-hybridized carbons (Fsp3) is 0.455. The summed E-state index contributed by atoms with van der Waals surface area (Å²) in [5.41, 5.74) is -0.888. The van der Waals surface area contributed by atoms with E-state index in [2.05, 4.69) is 17.0 Å². The fourth-order valence-electron chi connectivity index (χ4n) is 0.808. The third kappa shape index (κ3) is 7.98. The molecule has 0 aliphatic rings. The van der Waals surface area contributed by atoms with Crippen LogP contribution < -0.4 is 5.32 Å². The first-order valence-electron chi connectivity index (χ1n) is 5.20. The first kappa shape index (κ1) is 17.2. The van der Waals surface area contributed by atoms with Crippen molar-refractivity contribution in [1.29, 1.82) is 0 Å². The lowest BCUT2D eigenvalue weighted by Gasteiger charge is -2.19. The zero-order valence-corrected chi connectivity index (χ0v) is 11.7. The molecule has 0 aliphatic carbocycles. The average Bonchev–Trinajstić information content (AvgIpc) is 2.25. The predicted molar refractivity (Wildman–Crippen MR) is 72.1 cm³/mol. The van der Waals surface area contributed by atoms with Gasteiger partial charge in [0, 0.05) is 5.41 Å². The highest BCUT2D eigenvalue weighted by Crippen LogP contribution is 2.10. The van der Waals surface area contributed by atoms with E-state index in [1.165, 1.54) is 5.41 Å². The number of carbonyl (C=O) groups excluding carboxylic acids is 2. The van der Waals surface area contributed by atoms with Gasteiger partial charge < -0.3 is 15.2 Å². The van der Waals surface area contributed by atoms with Crippen LogP contribution in [0.5, 0.6) is 0 Å². The summed E-state index contributed by atoms with van der Waals surface area (Å²) in [5.74, 6) is -2.65. The Hall–Kier alpha value is -1.83. The zero-order valence-electron chi connectivity index (χ0n) is 10.9. The van der Waals surface area contributed by atoms with E-state index >= 15 is 0 Å². The van der Waals surface area contributed by atoms with Crippen molar-refractivity contribution >= 4 is 36.3 Å². The normalized spacial score (nSPS) is 11.6. The Labute approximate surface area is 115 Å². The number of hydrogen-bond donors (Lipinski definition) is 2. The number of aliphatic carboxylic acids is 1. The van der Waals surface area contributed by atoms with Gasteiger partial charge in [-0.25, -0.2) is 9.59 Å². The minimum atomic E-state index is -1.61. The molecule has 0 atom stereocenters. The van der Waals surface area contributed by atoms with Crippen LogP contribution in [0.1, 0.15) is 20.8 Å². The Morgan fingerprint density at radius 2 is 2.00 bits per heavy atom. The molecular weight excluding hydrogens is 272 g/mol. The van der Waals surface area contributed by atoms with E-state index in [1.807, 2.05) is 0 Å². The van der Waals surface area contributed by atoms with Crippen LogP contribution in [-0.2, 0) is 14.3 Å². The molecule has 0 bridgehead atoms. The lowest BCUT2D eigenvalue weighted by molar-refractivity contribution is -0.147. The number of thioether (sulfide) groups is 1. The molecule has 0 aliphatic heterocycles. The van der Waals surface area contributed by atoms with Gasteiger partial charge in [0.05, 0.1) is 5.88 Å². The van der Waals surface area contributed by atoms with Crippen molar-refractivity contribution in [3.8, 4) is 0 Å². The molecular formula is C11H16N2O5S. The van der Waals surface area contributed by atoms with Crippen LogP contribution in [0.2, 0.25) is 0 Å². The van der Waals surface area contributed by atoms with Crippen LogP contribution in [0.25, 0.3) is 0 Å². The molecule has 106 valence electrons. The van der Waals surface area contributed by atoms with Crippen molar-refractivity contribution in [3.63, 3.8) is 0 Å². The van der Waals surface area contributed by atoms with E-state index in [9.17, 15) is 14.4 Å². The second-order valence-electron chi connectivity index (χ2n) is 4.29. The number of nitrogens with one attached hydrogen (secondary N) is 1. The summed E-state index contributed by atoms with van der Waals surface area (Å²) in [6.45, 7) is 8.28. The minimum Gasteiger partial charge on any atom is -0.475 e. The molecule has 7 nitrogen and oxygen atoms in total. The Morgan fingerprint density at radius 3 is 2.42 bits per heavy atom. The molecule has 0 saturated carbocycles. The molecule has 0 unspecified atom stereocenters. The molecule has 19 heavy (non-hydrogen) atoms. The number of hydrogen-bond acceptors (Lipinski definition) is 6. The van der Waals surface area contributed by atoms with Crippen molar-refractivity contribution in [2.24, 2.45) is 4.99 Å². The summed E-state index contributed by atoms with van der Waals surface area (Å²) in [4.78, 5) is 36.0. The summed E-state index contributed by atoms with van der Waals surface area (Å²) < 4.78 is 4.98. The van der Waals surface area contributed by atoms with Crippen molar-refractivity contribution in [2.45, 2.75) is 26.4 Å². The lowest BCUT2D eigenvalue weighted by Crippen LogP contribution is -2.32. The number of carbonyl (C=O) groups is 3. The first-order valence-corrected chi connectivity index (χ1v) is 6.25. The number of carboxylic acids is 1. The van der Waals surface area contributed by atoms with Gasteiger partial charge in [-0.05, 0) is 27.5 Å². The first-order chi connectivity index (χ1) is 8.67. The van der Waals surface area contributed by atoms with Gasteiger partial charge in [-0.1, -0.05) is 0 Å². The van der Waals surface area contributed by atoms with Crippen molar-refractivity contribution in [2.75, 3.05) is 5.88 Å². The molecule has 0 aromatic rings. The molecule has 0 radical (unpaired) electrons.